The lowest BCUT2D eigenvalue weighted by Gasteiger charge is -2.26. The Labute approximate surface area is 191 Å². The minimum absolute atomic E-state index is 0.102. The highest BCUT2D eigenvalue weighted by atomic mass is 32.2. The molecular weight excluding hydrogens is 422 g/mol. The maximum atomic E-state index is 13.8. The summed E-state index contributed by atoms with van der Waals surface area (Å²) in [4.78, 5) is 26.9. The van der Waals surface area contributed by atoms with E-state index in [0.717, 1.165) is 28.0 Å². The van der Waals surface area contributed by atoms with Gasteiger partial charge < -0.3 is 14.7 Å². The molecule has 0 saturated carbocycles. The second-order valence-corrected chi connectivity index (χ2v) is 8.43. The molecule has 0 radical (unpaired) electrons. The number of benzene rings is 3. The van der Waals surface area contributed by atoms with Gasteiger partial charge in [-0.2, -0.15) is 0 Å². The van der Waals surface area contributed by atoms with Crippen molar-refractivity contribution in [1.82, 2.24) is 4.90 Å². The highest BCUT2D eigenvalue weighted by Crippen LogP contribution is 2.44. The van der Waals surface area contributed by atoms with Crippen molar-refractivity contribution in [2.24, 2.45) is 0 Å². The van der Waals surface area contributed by atoms with Gasteiger partial charge >= 0.3 is 5.97 Å². The van der Waals surface area contributed by atoms with Gasteiger partial charge in [0.15, 0.2) is 0 Å². The minimum Gasteiger partial charge on any atom is -0.497 e. The zero-order valence-electron chi connectivity index (χ0n) is 17.6. The average Bonchev–Trinajstić information content (AvgIpc) is 3.10. The number of hydrogen-bond donors (Lipinski definition) is 1. The molecule has 162 valence electrons. The second-order valence-electron chi connectivity index (χ2n) is 7.36. The Morgan fingerprint density at radius 2 is 1.53 bits per heavy atom. The van der Waals surface area contributed by atoms with Crippen LogP contribution in [-0.4, -0.2) is 40.1 Å². The van der Waals surface area contributed by atoms with E-state index in [0.29, 0.717) is 12.1 Å². The van der Waals surface area contributed by atoms with Gasteiger partial charge in [-0.3, -0.25) is 9.59 Å². The summed E-state index contributed by atoms with van der Waals surface area (Å²) < 4.78 is 5.24. The van der Waals surface area contributed by atoms with Crippen LogP contribution in [0.2, 0.25) is 0 Å². The molecule has 3 aromatic rings. The molecule has 0 saturated heterocycles. The summed E-state index contributed by atoms with van der Waals surface area (Å²) in [7, 11) is 1.61. The van der Waals surface area contributed by atoms with Crippen molar-refractivity contribution in [3.05, 3.63) is 102 Å². The van der Waals surface area contributed by atoms with Crippen molar-refractivity contribution in [3.8, 4) is 5.75 Å². The number of rotatable bonds is 8. The summed E-state index contributed by atoms with van der Waals surface area (Å²) in [5.41, 5.74) is 4.16. The van der Waals surface area contributed by atoms with Gasteiger partial charge in [0.05, 0.1) is 18.4 Å². The van der Waals surface area contributed by atoms with Crippen molar-refractivity contribution in [2.75, 3.05) is 12.9 Å². The largest absolute Gasteiger partial charge is 0.497 e. The van der Waals surface area contributed by atoms with E-state index in [4.69, 9.17) is 4.74 Å². The van der Waals surface area contributed by atoms with E-state index in [1.165, 1.54) is 11.8 Å². The molecule has 0 aliphatic carbocycles. The maximum Gasteiger partial charge on any atom is 0.313 e. The Balaban J connectivity index is 1.80. The standard InChI is InChI=1S/C26H23NO4S/c1-31-21-14-12-18(13-15-21)16-27-25(30)23(19-8-4-2-5-9-19)24(20-10-6-3-7-11-20)26(27)32-17-22(28)29/h2-15,26H,16-17H2,1H3,(H,28,29). The predicted octanol–water partition coefficient (Wildman–Crippen LogP) is 4.79. The van der Waals surface area contributed by atoms with Crippen LogP contribution in [0, 0.1) is 0 Å². The zero-order valence-corrected chi connectivity index (χ0v) is 18.4. The van der Waals surface area contributed by atoms with E-state index in [9.17, 15) is 14.7 Å². The number of hydrogen-bond acceptors (Lipinski definition) is 4. The van der Waals surface area contributed by atoms with Crippen LogP contribution in [0.1, 0.15) is 16.7 Å². The van der Waals surface area contributed by atoms with Crippen molar-refractivity contribution >= 4 is 34.8 Å². The zero-order chi connectivity index (χ0) is 22.5. The number of aliphatic carboxylic acids is 1. The van der Waals surface area contributed by atoms with Crippen LogP contribution in [0.5, 0.6) is 5.75 Å². The molecule has 1 unspecified atom stereocenters. The van der Waals surface area contributed by atoms with E-state index in [1.807, 2.05) is 84.9 Å². The predicted molar refractivity (Wildman–Crippen MR) is 127 cm³/mol. The minimum atomic E-state index is -0.910. The van der Waals surface area contributed by atoms with Crippen LogP contribution in [0.15, 0.2) is 84.9 Å². The molecule has 6 heteroatoms. The molecule has 5 nitrogen and oxygen atoms in total. The first-order valence-electron chi connectivity index (χ1n) is 10.2. The molecule has 1 heterocycles. The molecule has 1 amide bonds. The fourth-order valence-corrected chi connectivity index (χ4v) is 4.91. The molecule has 0 spiro atoms. The van der Waals surface area contributed by atoms with Crippen LogP contribution in [0.25, 0.3) is 11.1 Å². The number of nitrogens with zero attached hydrogens (tertiary/aromatic N) is 1. The van der Waals surface area contributed by atoms with Gasteiger partial charge in [0.25, 0.3) is 5.91 Å². The van der Waals surface area contributed by atoms with Gasteiger partial charge in [-0.25, -0.2) is 0 Å². The molecule has 3 aromatic carbocycles. The van der Waals surface area contributed by atoms with Gasteiger partial charge in [-0.05, 0) is 28.8 Å². The van der Waals surface area contributed by atoms with Crippen molar-refractivity contribution in [3.63, 3.8) is 0 Å². The molecule has 1 atom stereocenters. The smallest absolute Gasteiger partial charge is 0.313 e. The number of methoxy groups -OCH3 is 1. The van der Waals surface area contributed by atoms with E-state index >= 15 is 0 Å². The molecule has 0 aromatic heterocycles. The first-order valence-corrected chi connectivity index (χ1v) is 11.3. The Bertz CT molecular complexity index is 1130. The SMILES string of the molecule is COc1ccc(CN2C(=O)C(c3ccccc3)=C(c3ccccc3)C2SCC(=O)O)cc1. The van der Waals surface area contributed by atoms with Crippen molar-refractivity contribution in [1.29, 1.82) is 0 Å². The Morgan fingerprint density at radius 1 is 0.938 bits per heavy atom. The van der Waals surface area contributed by atoms with Crippen LogP contribution in [0.3, 0.4) is 0 Å². The second kappa shape index (κ2) is 9.75. The number of carbonyl (C=O) groups excluding carboxylic acids is 1. The maximum absolute atomic E-state index is 13.8. The fourth-order valence-electron chi connectivity index (χ4n) is 3.84. The number of ether oxygens (including phenoxy) is 1. The number of amides is 1. The molecule has 0 bridgehead atoms. The monoisotopic (exact) mass is 445 g/mol. The third kappa shape index (κ3) is 4.55. The highest BCUT2D eigenvalue weighted by Gasteiger charge is 2.40. The first kappa shape index (κ1) is 21.7. The van der Waals surface area contributed by atoms with Crippen LogP contribution in [-0.2, 0) is 16.1 Å². The fraction of sp³-hybridized carbons (Fsp3) is 0.154. The lowest BCUT2D eigenvalue weighted by atomic mass is 9.97. The summed E-state index contributed by atoms with van der Waals surface area (Å²) in [5.74, 6) is -0.373. The third-order valence-corrected chi connectivity index (χ3v) is 6.52. The summed E-state index contributed by atoms with van der Waals surface area (Å²) in [6.07, 6.45) is 0. The quantitative estimate of drug-likeness (QED) is 0.540. The Hall–Kier alpha value is -3.51. The van der Waals surface area contributed by atoms with E-state index in [2.05, 4.69) is 0 Å². The molecule has 4 rings (SSSR count). The summed E-state index contributed by atoms with van der Waals surface area (Å²) in [6.45, 7) is 0.368. The molecule has 32 heavy (non-hydrogen) atoms. The Kier molecular flexibility index (Phi) is 6.61. The van der Waals surface area contributed by atoms with Gasteiger partial charge in [-0.1, -0.05) is 72.8 Å². The molecule has 1 N–H and O–H groups in total. The molecule has 1 aliphatic heterocycles. The van der Waals surface area contributed by atoms with E-state index in [-0.39, 0.29) is 11.7 Å². The van der Waals surface area contributed by atoms with Gasteiger partial charge in [0, 0.05) is 12.1 Å². The molecule has 0 fully saturated rings. The van der Waals surface area contributed by atoms with Crippen LogP contribution >= 0.6 is 11.8 Å². The number of carboxylic acids is 1. The van der Waals surface area contributed by atoms with Crippen LogP contribution in [0.4, 0.5) is 0 Å². The van der Waals surface area contributed by atoms with Gasteiger partial charge in [-0.15, -0.1) is 11.8 Å². The van der Waals surface area contributed by atoms with E-state index in [1.54, 1.807) is 12.0 Å². The normalized spacial score (nSPS) is 15.8. The number of thioether (sulfide) groups is 1. The summed E-state index contributed by atoms with van der Waals surface area (Å²) >= 11 is 1.26. The number of carboxylic acid groups (broad SMARTS) is 1. The first-order chi connectivity index (χ1) is 15.6. The molecule has 1 aliphatic rings. The highest BCUT2D eigenvalue weighted by molar-refractivity contribution is 8.01. The summed E-state index contributed by atoms with van der Waals surface area (Å²) in [5, 5.41) is 8.94. The van der Waals surface area contributed by atoms with Gasteiger partial charge in [0.1, 0.15) is 11.1 Å². The van der Waals surface area contributed by atoms with Crippen LogP contribution < -0.4 is 4.74 Å². The average molecular weight is 446 g/mol. The summed E-state index contributed by atoms with van der Waals surface area (Å²) in [6, 6.07) is 26.9. The van der Waals surface area contributed by atoms with E-state index < -0.39 is 11.3 Å². The molecular formula is C26H23NO4S. The van der Waals surface area contributed by atoms with Crippen molar-refractivity contribution in [2.45, 2.75) is 11.9 Å². The number of carbonyl (C=O) groups is 2. The lowest BCUT2D eigenvalue weighted by molar-refractivity contribution is -0.134. The topological polar surface area (TPSA) is 66.8 Å². The lowest BCUT2D eigenvalue weighted by Crippen LogP contribution is -2.33. The van der Waals surface area contributed by atoms with Gasteiger partial charge in [0.2, 0.25) is 0 Å². The van der Waals surface area contributed by atoms with Crippen molar-refractivity contribution < 1.29 is 19.4 Å². The Morgan fingerprint density at radius 3 is 2.09 bits per heavy atom. The third-order valence-electron chi connectivity index (χ3n) is 5.30.